The molecule has 0 spiro atoms. The van der Waals surface area contributed by atoms with E-state index >= 15 is 0 Å². The van der Waals surface area contributed by atoms with Gasteiger partial charge >= 0.3 is 0 Å². The van der Waals surface area contributed by atoms with E-state index in [9.17, 15) is 13.6 Å². The minimum absolute atomic E-state index is 0.0852. The van der Waals surface area contributed by atoms with Crippen LogP contribution in [0.15, 0.2) is 36.4 Å². The first-order valence-electron chi connectivity index (χ1n) is 8.55. The lowest BCUT2D eigenvalue weighted by Gasteiger charge is -2.25. The second-order valence-corrected chi connectivity index (χ2v) is 6.99. The average molecular weight is 386 g/mol. The minimum Gasteiger partial charge on any atom is -0.477 e. The summed E-state index contributed by atoms with van der Waals surface area (Å²) in [7, 11) is 1.76. The normalized spacial score (nSPS) is 11.5. The number of aryl methyl sites for hydroxylation is 1. The monoisotopic (exact) mass is 386 g/mol. The molecule has 0 aliphatic rings. The second kappa shape index (κ2) is 7.03. The van der Waals surface area contributed by atoms with Crippen LogP contribution in [0.2, 0.25) is 0 Å². The summed E-state index contributed by atoms with van der Waals surface area (Å²) >= 11 is 0. The van der Waals surface area contributed by atoms with Gasteiger partial charge in [-0.25, -0.2) is 8.78 Å². The third-order valence-electron chi connectivity index (χ3n) is 4.42. The van der Waals surface area contributed by atoms with Gasteiger partial charge in [0.15, 0.2) is 28.8 Å². The van der Waals surface area contributed by atoms with Gasteiger partial charge in [-0.3, -0.25) is 4.79 Å². The molecule has 0 saturated carbocycles. The molecule has 0 bridgehead atoms. The summed E-state index contributed by atoms with van der Waals surface area (Å²) in [6, 6.07) is 8.17. The first-order valence-corrected chi connectivity index (χ1v) is 8.55. The number of ether oxygens (including phenoxy) is 1. The van der Waals surface area contributed by atoms with Gasteiger partial charge in [0.25, 0.3) is 0 Å². The summed E-state index contributed by atoms with van der Waals surface area (Å²) in [5, 5.41) is 8.43. The lowest BCUT2D eigenvalue weighted by Crippen LogP contribution is -2.29. The third kappa shape index (κ3) is 3.58. The van der Waals surface area contributed by atoms with Crippen LogP contribution in [0.5, 0.6) is 5.75 Å². The summed E-state index contributed by atoms with van der Waals surface area (Å²) in [5.41, 5.74) is 6.25. The van der Waals surface area contributed by atoms with Gasteiger partial charge in [-0.15, -0.1) is 10.2 Å². The van der Waals surface area contributed by atoms with Crippen LogP contribution in [-0.2, 0) is 12.6 Å². The number of nitrogens with two attached hydrogens (primary N) is 1. The Morgan fingerprint density at radius 2 is 1.86 bits per heavy atom. The lowest BCUT2D eigenvalue weighted by atomic mass is 10.0. The maximum Gasteiger partial charge on any atom is 0.248 e. The molecular formula is C20H20F2N4O2. The van der Waals surface area contributed by atoms with Gasteiger partial charge in [-0.05, 0) is 50.6 Å². The van der Waals surface area contributed by atoms with E-state index in [0.717, 1.165) is 23.3 Å². The number of halogens is 2. The van der Waals surface area contributed by atoms with E-state index in [4.69, 9.17) is 10.5 Å². The number of carbonyl (C=O) groups excluding carboxylic acids is 1. The van der Waals surface area contributed by atoms with E-state index in [2.05, 4.69) is 10.2 Å². The largest absolute Gasteiger partial charge is 0.477 e. The van der Waals surface area contributed by atoms with Crippen LogP contribution >= 0.6 is 0 Å². The van der Waals surface area contributed by atoms with Crippen molar-refractivity contribution in [1.82, 2.24) is 14.8 Å². The number of hydrogen-bond acceptors (Lipinski definition) is 4. The molecule has 0 aliphatic carbocycles. The number of amides is 1. The van der Waals surface area contributed by atoms with Crippen LogP contribution in [0.1, 0.15) is 35.6 Å². The molecule has 1 aromatic heterocycles. The fourth-order valence-electron chi connectivity index (χ4n) is 3.03. The summed E-state index contributed by atoms with van der Waals surface area (Å²) in [5.74, 6) is -1.07. The van der Waals surface area contributed by atoms with Gasteiger partial charge in [0.2, 0.25) is 5.91 Å². The maximum absolute atomic E-state index is 14.0. The molecular weight excluding hydrogens is 366 g/mol. The number of aromatic nitrogens is 3. The van der Waals surface area contributed by atoms with Crippen molar-refractivity contribution in [2.45, 2.75) is 26.4 Å². The van der Waals surface area contributed by atoms with Crippen molar-refractivity contribution >= 4 is 5.91 Å². The number of rotatable bonds is 5. The molecule has 0 radical (unpaired) electrons. The zero-order chi connectivity index (χ0) is 20.6. The number of hydrogen-bond donors (Lipinski definition) is 1. The van der Waals surface area contributed by atoms with Gasteiger partial charge in [-0.2, -0.15) is 0 Å². The standard InChI is InChI=1S/C20H20F2N4O2/c1-11-9-12(17(23)27)5-7-14(11)18-24-25-19(26(18)4)20(2,3)28-16-8-6-13(21)10-15(16)22/h5-10H,1-4H3,(H2,23,27). The number of nitrogens with zero attached hydrogens (tertiary/aromatic N) is 3. The van der Waals surface area contributed by atoms with Crippen LogP contribution in [0.4, 0.5) is 8.78 Å². The molecule has 1 heterocycles. The molecule has 0 saturated heterocycles. The summed E-state index contributed by atoms with van der Waals surface area (Å²) in [6.45, 7) is 5.27. The Labute approximate surface area is 161 Å². The Kier molecular flexibility index (Phi) is 4.89. The van der Waals surface area contributed by atoms with Gasteiger partial charge in [0.1, 0.15) is 5.82 Å². The lowest BCUT2D eigenvalue weighted by molar-refractivity contribution is 0.0892. The SMILES string of the molecule is Cc1cc(C(N)=O)ccc1-c1nnc(C(C)(C)Oc2ccc(F)cc2F)n1C. The first-order chi connectivity index (χ1) is 13.1. The molecule has 0 fully saturated rings. The third-order valence-corrected chi connectivity index (χ3v) is 4.42. The quantitative estimate of drug-likeness (QED) is 0.728. The van der Waals surface area contributed by atoms with Crippen molar-refractivity contribution in [3.8, 4) is 17.1 Å². The predicted octanol–water partition coefficient (Wildman–Crippen LogP) is 3.48. The highest BCUT2D eigenvalue weighted by atomic mass is 19.1. The molecule has 28 heavy (non-hydrogen) atoms. The van der Waals surface area contributed by atoms with Crippen LogP contribution in [0.3, 0.4) is 0 Å². The maximum atomic E-state index is 14.0. The van der Waals surface area contributed by atoms with Crippen molar-refractivity contribution in [2.24, 2.45) is 12.8 Å². The molecule has 146 valence electrons. The average Bonchev–Trinajstić information content (AvgIpc) is 2.99. The Hall–Kier alpha value is -3.29. The van der Waals surface area contributed by atoms with Gasteiger partial charge in [0.05, 0.1) is 0 Å². The van der Waals surface area contributed by atoms with Crippen LogP contribution < -0.4 is 10.5 Å². The first kappa shape index (κ1) is 19.5. The van der Waals surface area contributed by atoms with E-state index in [1.807, 2.05) is 6.92 Å². The second-order valence-electron chi connectivity index (χ2n) is 6.99. The Morgan fingerprint density at radius 3 is 2.46 bits per heavy atom. The van der Waals surface area contributed by atoms with Crippen molar-refractivity contribution < 1.29 is 18.3 Å². The molecule has 6 nitrogen and oxygen atoms in total. The summed E-state index contributed by atoms with van der Waals surface area (Å²) in [4.78, 5) is 11.3. The number of carbonyl (C=O) groups is 1. The van der Waals surface area contributed by atoms with Crippen LogP contribution in [-0.4, -0.2) is 20.7 Å². The van der Waals surface area contributed by atoms with Gasteiger partial charge < -0.3 is 15.0 Å². The van der Waals surface area contributed by atoms with Gasteiger partial charge in [0, 0.05) is 24.2 Å². The molecule has 3 aromatic rings. The van der Waals surface area contributed by atoms with E-state index in [1.165, 1.54) is 6.07 Å². The molecule has 3 rings (SSSR count). The highest BCUT2D eigenvalue weighted by molar-refractivity contribution is 5.93. The molecule has 0 aliphatic heterocycles. The molecule has 2 aromatic carbocycles. The molecule has 8 heteroatoms. The molecule has 0 atom stereocenters. The Balaban J connectivity index is 1.97. The summed E-state index contributed by atoms with van der Waals surface area (Å²) in [6.07, 6.45) is 0. The molecule has 1 amide bonds. The zero-order valence-electron chi connectivity index (χ0n) is 16.0. The number of primary amides is 1. The van der Waals surface area contributed by atoms with Crippen LogP contribution in [0.25, 0.3) is 11.4 Å². The zero-order valence-corrected chi connectivity index (χ0v) is 16.0. The topological polar surface area (TPSA) is 83.0 Å². The van der Waals surface area contributed by atoms with Gasteiger partial charge in [-0.1, -0.05) is 6.07 Å². The van der Waals surface area contributed by atoms with Crippen molar-refractivity contribution in [1.29, 1.82) is 0 Å². The van der Waals surface area contributed by atoms with Crippen molar-refractivity contribution in [3.63, 3.8) is 0 Å². The molecule has 2 N–H and O–H groups in total. The van der Waals surface area contributed by atoms with Crippen molar-refractivity contribution in [3.05, 3.63) is 65.0 Å². The highest BCUT2D eigenvalue weighted by Gasteiger charge is 2.31. The van der Waals surface area contributed by atoms with E-state index in [1.54, 1.807) is 43.7 Å². The summed E-state index contributed by atoms with van der Waals surface area (Å²) < 4.78 is 34.6. The van der Waals surface area contributed by atoms with E-state index in [0.29, 0.717) is 17.2 Å². The smallest absolute Gasteiger partial charge is 0.248 e. The number of benzene rings is 2. The highest BCUT2D eigenvalue weighted by Crippen LogP contribution is 2.31. The predicted molar refractivity (Wildman–Crippen MR) is 99.7 cm³/mol. The fourth-order valence-corrected chi connectivity index (χ4v) is 3.03. The fraction of sp³-hybridized carbons (Fsp3) is 0.250. The van der Waals surface area contributed by atoms with E-state index in [-0.39, 0.29) is 5.75 Å². The minimum atomic E-state index is -1.04. The van der Waals surface area contributed by atoms with Crippen LogP contribution in [0, 0.1) is 18.6 Å². The van der Waals surface area contributed by atoms with E-state index < -0.39 is 23.1 Å². The Bertz CT molecular complexity index is 1060. The molecule has 0 unspecified atom stereocenters. The van der Waals surface area contributed by atoms with Crippen molar-refractivity contribution in [2.75, 3.05) is 0 Å². The Morgan fingerprint density at radius 1 is 1.14 bits per heavy atom.